The highest BCUT2D eigenvalue weighted by Gasteiger charge is 2.57. The van der Waals surface area contributed by atoms with Gasteiger partial charge in [-0.25, -0.2) is 0 Å². The van der Waals surface area contributed by atoms with Crippen molar-refractivity contribution in [3.05, 3.63) is 11.6 Å². The molecule has 0 aliphatic heterocycles. The van der Waals surface area contributed by atoms with Gasteiger partial charge in [-0.15, -0.1) is 0 Å². The summed E-state index contributed by atoms with van der Waals surface area (Å²) in [5, 5.41) is 10.3. The van der Waals surface area contributed by atoms with E-state index in [1.807, 2.05) is 5.57 Å². The molecule has 0 aromatic heterocycles. The fraction of sp³-hybridized carbons (Fsp3) is 0.931. The number of hydrogen-bond donors (Lipinski definition) is 1. The van der Waals surface area contributed by atoms with E-state index >= 15 is 0 Å². The zero-order chi connectivity index (χ0) is 21.7. The summed E-state index contributed by atoms with van der Waals surface area (Å²) in [6, 6.07) is 0. The molecule has 3 saturated carbocycles. The average molecular weight is 415 g/mol. The van der Waals surface area contributed by atoms with Crippen LogP contribution in [0.5, 0.6) is 0 Å². The molecule has 0 bridgehead atoms. The van der Waals surface area contributed by atoms with E-state index in [2.05, 4.69) is 47.6 Å². The van der Waals surface area contributed by atoms with Gasteiger partial charge in [0.15, 0.2) is 0 Å². The summed E-state index contributed by atoms with van der Waals surface area (Å²) in [7, 11) is 0. The smallest absolute Gasteiger partial charge is 0.0543 e. The van der Waals surface area contributed by atoms with Gasteiger partial charge in [-0.3, -0.25) is 0 Å². The maximum Gasteiger partial charge on any atom is 0.0543 e. The van der Waals surface area contributed by atoms with Gasteiger partial charge < -0.3 is 5.11 Å². The summed E-state index contributed by atoms with van der Waals surface area (Å²) >= 11 is 0. The summed E-state index contributed by atoms with van der Waals surface area (Å²) in [4.78, 5) is 0. The van der Waals surface area contributed by atoms with Crippen LogP contribution in [0.25, 0.3) is 0 Å². The minimum Gasteiger partial charge on any atom is -0.393 e. The van der Waals surface area contributed by atoms with Crippen molar-refractivity contribution in [2.24, 2.45) is 52.3 Å². The van der Waals surface area contributed by atoms with Crippen molar-refractivity contribution in [1.82, 2.24) is 0 Å². The highest BCUT2D eigenvalue weighted by atomic mass is 16.3. The zero-order valence-corrected chi connectivity index (χ0v) is 20.9. The van der Waals surface area contributed by atoms with Crippen LogP contribution in [0.3, 0.4) is 0 Å². The molecule has 0 radical (unpaired) electrons. The Balaban J connectivity index is 1.46. The number of hydrogen-bond acceptors (Lipinski definition) is 1. The van der Waals surface area contributed by atoms with Gasteiger partial charge in [-0.2, -0.15) is 0 Å². The molecule has 3 fully saturated rings. The Kier molecular flexibility index (Phi) is 6.53. The summed E-state index contributed by atoms with van der Waals surface area (Å²) in [5.74, 6) is 5.95. The Labute approximate surface area is 187 Å². The van der Waals surface area contributed by atoms with Gasteiger partial charge in [0.25, 0.3) is 0 Å². The molecule has 7 unspecified atom stereocenters. The van der Waals surface area contributed by atoms with Crippen LogP contribution in [0.4, 0.5) is 0 Å². The van der Waals surface area contributed by atoms with E-state index in [1.54, 1.807) is 0 Å². The van der Waals surface area contributed by atoms with Gasteiger partial charge in [0.05, 0.1) is 6.10 Å². The SMILES string of the molecule is CCC(CCC(C)C1CC=C2C3CC[C@H]4C[C@@H](O)CCC4(C)C3CCC21C)C(C)C. The fourth-order valence-corrected chi connectivity index (χ4v) is 9.15. The molecule has 0 heterocycles. The second kappa shape index (κ2) is 8.57. The minimum absolute atomic E-state index is 0.0257. The van der Waals surface area contributed by atoms with Crippen molar-refractivity contribution >= 4 is 0 Å². The number of aliphatic hydroxyl groups is 1. The van der Waals surface area contributed by atoms with E-state index in [0.29, 0.717) is 10.8 Å². The van der Waals surface area contributed by atoms with E-state index in [-0.39, 0.29) is 6.10 Å². The third-order valence-corrected chi connectivity index (χ3v) is 11.3. The molecule has 172 valence electrons. The Morgan fingerprint density at radius 2 is 1.80 bits per heavy atom. The first kappa shape index (κ1) is 22.9. The number of fused-ring (bicyclic) bond motifs is 5. The standard InChI is InChI=1S/C29H50O/c1-7-21(19(2)3)9-8-20(4)25-12-13-26-24-11-10-22-18-23(30)14-16-28(22,5)27(24)15-17-29(25,26)6/h13,19-25,27,30H,7-12,14-18H2,1-6H3/t20?,21?,22-,23-,24?,25?,27?,28?,29?/m0/s1. The van der Waals surface area contributed by atoms with Crippen LogP contribution in [0.1, 0.15) is 112 Å². The lowest BCUT2D eigenvalue weighted by Crippen LogP contribution is -2.52. The van der Waals surface area contributed by atoms with E-state index in [4.69, 9.17) is 0 Å². The fourth-order valence-electron chi connectivity index (χ4n) is 9.15. The van der Waals surface area contributed by atoms with E-state index < -0.39 is 0 Å². The Morgan fingerprint density at radius 1 is 1.03 bits per heavy atom. The van der Waals surface area contributed by atoms with E-state index in [1.165, 1.54) is 57.8 Å². The number of rotatable bonds is 6. The second-order valence-electron chi connectivity index (χ2n) is 12.8. The van der Waals surface area contributed by atoms with Crippen LogP contribution in [0, 0.1) is 52.3 Å². The maximum atomic E-state index is 10.3. The summed E-state index contributed by atoms with van der Waals surface area (Å²) in [5.41, 5.74) is 2.84. The summed E-state index contributed by atoms with van der Waals surface area (Å²) in [6.07, 6.45) is 17.2. The zero-order valence-electron chi connectivity index (χ0n) is 20.9. The largest absolute Gasteiger partial charge is 0.393 e. The predicted octanol–water partition coefficient (Wildman–Crippen LogP) is 8.02. The van der Waals surface area contributed by atoms with Crippen molar-refractivity contribution in [3.63, 3.8) is 0 Å². The topological polar surface area (TPSA) is 20.2 Å². The average Bonchev–Trinajstić information content (AvgIpc) is 3.06. The normalized spacial score (nSPS) is 45.3. The Bertz CT molecular complexity index is 634. The molecule has 30 heavy (non-hydrogen) atoms. The highest BCUT2D eigenvalue weighted by Crippen LogP contribution is 2.66. The Hall–Kier alpha value is -0.300. The van der Waals surface area contributed by atoms with Gasteiger partial charge in [0.2, 0.25) is 0 Å². The molecular weight excluding hydrogens is 364 g/mol. The van der Waals surface area contributed by atoms with Crippen molar-refractivity contribution in [2.75, 3.05) is 0 Å². The molecule has 1 heteroatoms. The number of aliphatic hydroxyl groups excluding tert-OH is 1. The van der Waals surface area contributed by atoms with Crippen LogP contribution in [0.15, 0.2) is 11.6 Å². The monoisotopic (exact) mass is 414 g/mol. The third kappa shape index (κ3) is 3.74. The summed E-state index contributed by atoms with van der Waals surface area (Å²) in [6.45, 7) is 15.0. The molecular formula is C29H50O. The van der Waals surface area contributed by atoms with Crippen molar-refractivity contribution in [3.8, 4) is 0 Å². The van der Waals surface area contributed by atoms with Crippen LogP contribution < -0.4 is 0 Å². The second-order valence-corrected chi connectivity index (χ2v) is 12.8. The van der Waals surface area contributed by atoms with E-state index in [9.17, 15) is 5.11 Å². The van der Waals surface area contributed by atoms with Crippen LogP contribution >= 0.6 is 0 Å². The van der Waals surface area contributed by atoms with Crippen molar-refractivity contribution < 1.29 is 5.11 Å². The maximum absolute atomic E-state index is 10.3. The molecule has 4 rings (SSSR count). The molecule has 0 amide bonds. The highest BCUT2D eigenvalue weighted by molar-refractivity contribution is 5.30. The first-order valence-corrected chi connectivity index (χ1v) is 13.6. The third-order valence-electron chi connectivity index (χ3n) is 11.3. The molecule has 4 aliphatic carbocycles. The van der Waals surface area contributed by atoms with Crippen LogP contribution in [-0.2, 0) is 0 Å². The minimum atomic E-state index is -0.0257. The predicted molar refractivity (Wildman–Crippen MR) is 128 cm³/mol. The first-order valence-electron chi connectivity index (χ1n) is 13.6. The van der Waals surface area contributed by atoms with Gasteiger partial charge in [0, 0.05) is 0 Å². The molecule has 9 atom stereocenters. The van der Waals surface area contributed by atoms with Gasteiger partial charge in [-0.1, -0.05) is 66.0 Å². The molecule has 0 saturated heterocycles. The molecule has 1 N–H and O–H groups in total. The summed E-state index contributed by atoms with van der Waals surface area (Å²) < 4.78 is 0. The van der Waals surface area contributed by atoms with Crippen LogP contribution in [0.2, 0.25) is 0 Å². The lowest BCUT2D eigenvalue weighted by Gasteiger charge is -2.60. The van der Waals surface area contributed by atoms with E-state index in [0.717, 1.165) is 54.3 Å². The van der Waals surface area contributed by atoms with Gasteiger partial charge in [0.1, 0.15) is 0 Å². The van der Waals surface area contributed by atoms with Crippen molar-refractivity contribution in [1.29, 1.82) is 0 Å². The van der Waals surface area contributed by atoms with Crippen LogP contribution in [-0.4, -0.2) is 11.2 Å². The lowest BCUT2D eigenvalue weighted by atomic mass is 9.45. The number of allylic oxidation sites excluding steroid dienone is 2. The first-order chi connectivity index (χ1) is 14.2. The molecule has 4 aliphatic rings. The lowest BCUT2D eigenvalue weighted by molar-refractivity contribution is -0.0860. The van der Waals surface area contributed by atoms with Gasteiger partial charge in [-0.05, 0) is 110 Å². The molecule has 0 aromatic carbocycles. The molecule has 0 aromatic rings. The molecule has 0 spiro atoms. The molecule has 1 nitrogen and oxygen atoms in total. The Morgan fingerprint density at radius 3 is 2.50 bits per heavy atom. The van der Waals surface area contributed by atoms with Gasteiger partial charge >= 0.3 is 0 Å². The van der Waals surface area contributed by atoms with Crippen molar-refractivity contribution in [2.45, 2.75) is 118 Å². The quantitative estimate of drug-likeness (QED) is 0.436.